The van der Waals surface area contributed by atoms with Gasteiger partial charge in [-0.05, 0) is 79.9 Å². The maximum atomic E-state index is 5.86. The summed E-state index contributed by atoms with van der Waals surface area (Å²) in [6, 6.07) is 8.69. The van der Waals surface area contributed by atoms with Gasteiger partial charge >= 0.3 is 0 Å². The normalized spacial score (nSPS) is 26.7. The van der Waals surface area contributed by atoms with Crippen LogP contribution in [-0.2, 0) is 0 Å². The first kappa shape index (κ1) is 24.7. The highest BCUT2D eigenvalue weighted by atomic mass is 14.5. The monoisotopic (exact) mass is 425 g/mol. The lowest BCUT2D eigenvalue weighted by molar-refractivity contribution is 0.155. The zero-order valence-electron chi connectivity index (χ0n) is 20.6. The van der Waals surface area contributed by atoms with Gasteiger partial charge in [0.25, 0.3) is 0 Å². The first-order chi connectivity index (χ1) is 15.3. The van der Waals surface area contributed by atoms with E-state index in [9.17, 15) is 0 Å². The Kier molecular flexibility index (Phi) is 11.3. The van der Waals surface area contributed by atoms with E-state index < -0.39 is 0 Å². The van der Waals surface area contributed by atoms with Gasteiger partial charge in [-0.3, -0.25) is 0 Å². The fraction of sp³-hybridized carbons (Fsp3) is 0.800. The fourth-order valence-electron chi connectivity index (χ4n) is 6.56. The van der Waals surface area contributed by atoms with Crippen LogP contribution in [0.15, 0.2) is 24.3 Å². The second-order valence-corrected chi connectivity index (χ2v) is 11.0. The van der Waals surface area contributed by atoms with Crippen LogP contribution in [-0.4, -0.2) is 0 Å². The minimum Gasteiger partial charge on any atom is -0.399 e. The highest BCUT2D eigenvalue weighted by Crippen LogP contribution is 2.44. The maximum absolute atomic E-state index is 5.86. The molecule has 0 amide bonds. The molecule has 0 spiro atoms. The van der Waals surface area contributed by atoms with Gasteiger partial charge in [-0.1, -0.05) is 103 Å². The van der Waals surface area contributed by atoms with Gasteiger partial charge in [0.1, 0.15) is 0 Å². The number of anilines is 1. The Balaban J connectivity index is 1.20. The third kappa shape index (κ3) is 8.82. The molecule has 31 heavy (non-hydrogen) atoms. The van der Waals surface area contributed by atoms with E-state index >= 15 is 0 Å². The lowest BCUT2D eigenvalue weighted by atomic mass is 9.68. The van der Waals surface area contributed by atoms with Crippen LogP contribution in [0.1, 0.15) is 140 Å². The quantitative estimate of drug-likeness (QED) is 0.247. The van der Waals surface area contributed by atoms with Gasteiger partial charge in [0.15, 0.2) is 0 Å². The molecule has 1 heteroatoms. The Bertz CT molecular complexity index is 561. The Morgan fingerprint density at radius 1 is 0.613 bits per heavy atom. The summed E-state index contributed by atoms with van der Waals surface area (Å²) in [5, 5.41) is 0. The number of benzene rings is 1. The van der Waals surface area contributed by atoms with Crippen molar-refractivity contribution in [2.45, 2.75) is 135 Å². The predicted molar refractivity (Wildman–Crippen MR) is 137 cm³/mol. The van der Waals surface area contributed by atoms with Gasteiger partial charge in [0.2, 0.25) is 0 Å². The van der Waals surface area contributed by atoms with Gasteiger partial charge < -0.3 is 5.73 Å². The highest BCUT2D eigenvalue weighted by Gasteiger charge is 2.31. The summed E-state index contributed by atoms with van der Waals surface area (Å²) >= 11 is 0. The van der Waals surface area contributed by atoms with Crippen LogP contribution in [0.4, 0.5) is 5.69 Å². The summed E-state index contributed by atoms with van der Waals surface area (Å²) < 4.78 is 0. The average Bonchev–Trinajstić information content (AvgIpc) is 2.81. The van der Waals surface area contributed by atoms with E-state index in [1.807, 2.05) is 0 Å². The van der Waals surface area contributed by atoms with Crippen molar-refractivity contribution >= 4 is 5.69 Å². The van der Waals surface area contributed by atoms with Gasteiger partial charge in [0, 0.05) is 5.69 Å². The molecule has 0 radical (unpaired) electrons. The molecule has 2 N–H and O–H groups in total. The standard InChI is InChI=1S/C30H51N/c1-2-3-4-5-6-7-8-9-10-11-12-25-13-15-26(16-14-25)27-17-19-28(20-18-27)29-21-23-30(31)24-22-29/h21-28H,2-20,31H2,1H3. The first-order valence-corrected chi connectivity index (χ1v) is 14.1. The number of rotatable bonds is 13. The molecule has 176 valence electrons. The van der Waals surface area contributed by atoms with Gasteiger partial charge in [-0.25, -0.2) is 0 Å². The van der Waals surface area contributed by atoms with Crippen molar-refractivity contribution in [1.29, 1.82) is 0 Å². The zero-order chi connectivity index (χ0) is 21.7. The van der Waals surface area contributed by atoms with Crippen molar-refractivity contribution in [3.8, 4) is 0 Å². The largest absolute Gasteiger partial charge is 0.399 e. The Hall–Kier alpha value is -0.980. The van der Waals surface area contributed by atoms with Crippen molar-refractivity contribution in [2.24, 2.45) is 17.8 Å². The molecule has 2 saturated carbocycles. The van der Waals surface area contributed by atoms with Crippen LogP contribution in [0, 0.1) is 17.8 Å². The van der Waals surface area contributed by atoms with E-state index in [0.717, 1.165) is 29.4 Å². The van der Waals surface area contributed by atoms with Crippen molar-refractivity contribution in [3.63, 3.8) is 0 Å². The predicted octanol–water partition coefficient (Wildman–Crippen LogP) is 9.66. The molecular weight excluding hydrogens is 374 g/mol. The molecule has 0 aromatic heterocycles. The molecule has 3 rings (SSSR count). The number of hydrogen-bond donors (Lipinski definition) is 1. The summed E-state index contributed by atoms with van der Waals surface area (Å²) in [4.78, 5) is 0. The summed E-state index contributed by atoms with van der Waals surface area (Å²) in [6.45, 7) is 2.31. The third-order valence-electron chi connectivity index (χ3n) is 8.70. The van der Waals surface area contributed by atoms with E-state index in [2.05, 4.69) is 31.2 Å². The van der Waals surface area contributed by atoms with Gasteiger partial charge in [-0.2, -0.15) is 0 Å². The molecule has 0 bridgehead atoms. The summed E-state index contributed by atoms with van der Waals surface area (Å²) in [7, 11) is 0. The second-order valence-electron chi connectivity index (χ2n) is 11.0. The number of nitrogen functional groups attached to an aromatic ring is 1. The zero-order valence-corrected chi connectivity index (χ0v) is 20.6. The van der Waals surface area contributed by atoms with Crippen molar-refractivity contribution in [2.75, 3.05) is 5.73 Å². The molecule has 2 aliphatic rings. The smallest absolute Gasteiger partial charge is 0.0314 e. The average molecular weight is 426 g/mol. The first-order valence-electron chi connectivity index (χ1n) is 14.1. The van der Waals surface area contributed by atoms with Crippen LogP contribution < -0.4 is 5.73 Å². The van der Waals surface area contributed by atoms with E-state index in [1.54, 1.807) is 0 Å². The van der Waals surface area contributed by atoms with Crippen LogP contribution in [0.25, 0.3) is 0 Å². The number of unbranched alkanes of at least 4 members (excludes halogenated alkanes) is 9. The molecule has 0 unspecified atom stereocenters. The molecule has 0 saturated heterocycles. The minimum atomic E-state index is 0.782. The summed E-state index contributed by atoms with van der Waals surface area (Å²) in [6.07, 6.45) is 28.0. The van der Waals surface area contributed by atoms with Crippen molar-refractivity contribution < 1.29 is 0 Å². The van der Waals surface area contributed by atoms with Crippen LogP contribution in [0.5, 0.6) is 0 Å². The minimum absolute atomic E-state index is 0.782. The Labute approximate surface area is 194 Å². The van der Waals surface area contributed by atoms with Crippen molar-refractivity contribution in [1.82, 2.24) is 0 Å². The van der Waals surface area contributed by atoms with Gasteiger partial charge in [-0.15, -0.1) is 0 Å². The number of hydrogen-bond acceptors (Lipinski definition) is 1. The molecule has 0 heterocycles. The molecule has 0 aliphatic heterocycles. The van der Waals surface area contributed by atoms with Crippen LogP contribution in [0.3, 0.4) is 0 Å². The second kappa shape index (κ2) is 14.2. The lowest BCUT2D eigenvalue weighted by Crippen LogP contribution is -2.25. The topological polar surface area (TPSA) is 26.0 Å². The molecule has 2 fully saturated rings. The molecule has 1 aromatic carbocycles. The van der Waals surface area contributed by atoms with E-state index in [1.165, 1.54) is 128 Å². The summed E-state index contributed by atoms with van der Waals surface area (Å²) in [5.74, 6) is 3.89. The van der Waals surface area contributed by atoms with Crippen molar-refractivity contribution in [3.05, 3.63) is 29.8 Å². The maximum Gasteiger partial charge on any atom is 0.0314 e. The molecule has 2 aliphatic carbocycles. The summed E-state index contributed by atoms with van der Waals surface area (Å²) in [5.41, 5.74) is 8.28. The molecule has 1 nitrogen and oxygen atoms in total. The highest BCUT2D eigenvalue weighted by molar-refractivity contribution is 5.40. The van der Waals surface area contributed by atoms with E-state index in [4.69, 9.17) is 5.73 Å². The third-order valence-corrected chi connectivity index (χ3v) is 8.70. The Morgan fingerprint density at radius 2 is 1.10 bits per heavy atom. The van der Waals surface area contributed by atoms with E-state index in [0.29, 0.717) is 0 Å². The number of nitrogens with two attached hydrogens (primary N) is 1. The molecule has 1 aromatic rings. The van der Waals surface area contributed by atoms with Crippen LogP contribution >= 0.6 is 0 Å². The lowest BCUT2D eigenvalue weighted by Gasteiger charge is -2.38. The SMILES string of the molecule is CCCCCCCCCCCCC1CCC(C2CCC(c3ccc(N)cc3)CC2)CC1. The molecule has 0 atom stereocenters. The van der Waals surface area contributed by atoms with Crippen LogP contribution in [0.2, 0.25) is 0 Å². The Morgan fingerprint density at radius 3 is 1.65 bits per heavy atom. The van der Waals surface area contributed by atoms with E-state index in [-0.39, 0.29) is 0 Å². The fourth-order valence-corrected chi connectivity index (χ4v) is 6.56. The molecular formula is C30H51N. The van der Waals surface area contributed by atoms with Gasteiger partial charge in [0.05, 0.1) is 0 Å².